The third-order valence-electron chi connectivity index (χ3n) is 5.59. The van der Waals surface area contributed by atoms with E-state index >= 15 is 0 Å². The monoisotopic (exact) mass is 509 g/mol. The molecular weight excluding hydrogens is 478 g/mol. The molecule has 8 nitrogen and oxygen atoms in total. The van der Waals surface area contributed by atoms with Crippen LogP contribution in [0, 0.1) is 6.92 Å². The lowest BCUT2D eigenvalue weighted by atomic mass is 10.1. The summed E-state index contributed by atoms with van der Waals surface area (Å²) >= 11 is 6.17. The number of nitrogens with zero attached hydrogens (tertiary/aromatic N) is 2. The molecule has 1 N–H and O–H groups in total. The Morgan fingerprint density at radius 1 is 1.18 bits per heavy atom. The second-order valence-electron chi connectivity index (χ2n) is 8.00. The maximum atomic E-state index is 13.2. The molecule has 2 aromatic carbocycles. The summed E-state index contributed by atoms with van der Waals surface area (Å²) in [5.41, 5.74) is 2.34. The fraction of sp³-hybridized carbons (Fsp3) is 0.417. The average Bonchev–Trinajstić information content (AvgIpc) is 2.79. The van der Waals surface area contributed by atoms with E-state index in [0.717, 1.165) is 17.4 Å². The number of rotatable bonds is 11. The zero-order valence-electron chi connectivity index (χ0n) is 20.2. The predicted molar refractivity (Wildman–Crippen MR) is 135 cm³/mol. The van der Waals surface area contributed by atoms with Gasteiger partial charge in [-0.1, -0.05) is 35.9 Å². The first-order chi connectivity index (χ1) is 16.0. The molecule has 0 bridgehead atoms. The first-order valence-electron chi connectivity index (χ1n) is 10.9. The number of nitrogens with one attached hydrogen (secondary N) is 1. The van der Waals surface area contributed by atoms with E-state index in [1.54, 1.807) is 19.1 Å². The molecule has 0 heterocycles. The third-order valence-corrected chi connectivity index (χ3v) is 7.08. The molecule has 2 rings (SSSR count). The fourth-order valence-corrected chi connectivity index (χ4v) is 4.79. The minimum absolute atomic E-state index is 0.0725. The quantitative estimate of drug-likeness (QED) is 0.501. The Labute approximate surface area is 206 Å². The summed E-state index contributed by atoms with van der Waals surface area (Å²) in [4.78, 5) is 27.0. The fourth-order valence-electron chi connectivity index (χ4n) is 3.58. The number of sulfonamides is 1. The van der Waals surface area contributed by atoms with Crippen LogP contribution >= 0.6 is 11.6 Å². The normalized spacial score (nSPS) is 12.1. The molecule has 0 aliphatic rings. The number of halogens is 1. The molecule has 186 valence electrons. The van der Waals surface area contributed by atoms with Crippen LogP contribution in [0.2, 0.25) is 5.02 Å². The summed E-state index contributed by atoms with van der Waals surface area (Å²) in [5.74, 6) is -0.0720. The Balaban J connectivity index is 2.18. The van der Waals surface area contributed by atoms with Gasteiger partial charge in [-0.2, -0.15) is 0 Å². The van der Waals surface area contributed by atoms with Crippen LogP contribution in [0.15, 0.2) is 42.5 Å². The van der Waals surface area contributed by atoms with Gasteiger partial charge in [-0.05, 0) is 49.6 Å². The van der Waals surface area contributed by atoms with Gasteiger partial charge in [0.05, 0.1) is 24.1 Å². The van der Waals surface area contributed by atoms with Gasteiger partial charge < -0.3 is 15.0 Å². The van der Waals surface area contributed by atoms with Gasteiger partial charge in [0.1, 0.15) is 11.8 Å². The number of likely N-dealkylation sites (N-methyl/N-ethyl adjacent to an activating group) is 1. The van der Waals surface area contributed by atoms with Crippen molar-refractivity contribution in [3.63, 3.8) is 0 Å². The van der Waals surface area contributed by atoms with Crippen molar-refractivity contribution < 1.29 is 22.7 Å². The van der Waals surface area contributed by atoms with E-state index in [2.05, 4.69) is 5.32 Å². The molecule has 0 aromatic heterocycles. The van der Waals surface area contributed by atoms with Crippen LogP contribution < -0.4 is 14.4 Å². The van der Waals surface area contributed by atoms with Crippen molar-refractivity contribution >= 4 is 39.1 Å². The van der Waals surface area contributed by atoms with Crippen LogP contribution in [0.5, 0.6) is 5.75 Å². The van der Waals surface area contributed by atoms with Gasteiger partial charge in [0, 0.05) is 26.6 Å². The molecule has 0 saturated carbocycles. The molecule has 1 atom stereocenters. The summed E-state index contributed by atoms with van der Waals surface area (Å²) in [5, 5.41) is 2.87. The Morgan fingerprint density at radius 2 is 1.85 bits per heavy atom. The van der Waals surface area contributed by atoms with Crippen LogP contribution in [0.1, 0.15) is 30.9 Å². The van der Waals surface area contributed by atoms with Crippen LogP contribution in [-0.2, 0) is 26.2 Å². The van der Waals surface area contributed by atoms with Crippen molar-refractivity contribution in [1.82, 2.24) is 10.2 Å². The molecule has 0 aliphatic heterocycles. The Kier molecular flexibility index (Phi) is 9.76. The lowest BCUT2D eigenvalue weighted by Crippen LogP contribution is -2.47. The zero-order valence-corrected chi connectivity index (χ0v) is 21.7. The number of carbonyl (C=O) groups excluding carboxylic acids is 2. The molecule has 10 heteroatoms. The molecule has 0 radical (unpaired) electrons. The standard InChI is InChI=1S/C24H32ClN3O5S/c1-17-9-6-7-10-19(17)16-27(18(2)24(30)26-3)23(29)11-8-14-28(34(5,31)32)20-12-13-22(33-4)21(25)15-20/h6-7,9-10,12-13,15,18H,8,11,14,16H2,1-5H3,(H,26,30)/t18-/m0/s1. The predicted octanol–water partition coefficient (Wildman–Crippen LogP) is 3.37. The minimum atomic E-state index is -3.62. The summed E-state index contributed by atoms with van der Waals surface area (Å²) in [7, 11) is -0.613. The molecule has 0 aliphatic carbocycles. The van der Waals surface area contributed by atoms with E-state index < -0.39 is 16.1 Å². The topological polar surface area (TPSA) is 96.0 Å². The second kappa shape index (κ2) is 12.1. The third kappa shape index (κ3) is 7.11. The number of anilines is 1. The number of benzene rings is 2. The lowest BCUT2D eigenvalue weighted by molar-refractivity contribution is -0.140. The number of amides is 2. The van der Waals surface area contributed by atoms with Crippen molar-refractivity contribution in [2.45, 2.75) is 39.3 Å². The number of hydrogen-bond acceptors (Lipinski definition) is 5. The summed E-state index contributed by atoms with van der Waals surface area (Å²) < 4.78 is 31.2. The molecule has 0 spiro atoms. The van der Waals surface area contributed by atoms with Crippen LogP contribution in [-0.4, -0.2) is 58.1 Å². The molecule has 0 fully saturated rings. The summed E-state index contributed by atoms with van der Waals surface area (Å²) in [6, 6.07) is 11.7. The van der Waals surface area contributed by atoms with Gasteiger partial charge in [-0.25, -0.2) is 8.42 Å². The van der Waals surface area contributed by atoms with Crippen LogP contribution in [0.3, 0.4) is 0 Å². The van der Waals surface area contributed by atoms with E-state index in [-0.39, 0.29) is 42.8 Å². The van der Waals surface area contributed by atoms with Gasteiger partial charge in [0.2, 0.25) is 21.8 Å². The van der Waals surface area contributed by atoms with E-state index in [1.165, 1.54) is 29.4 Å². The number of hydrogen-bond donors (Lipinski definition) is 1. The first-order valence-corrected chi connectivity index (χ1v) is 13.1. The van der Waals surface area contributed by atoms with Crippen LogP contribution in [0.4, 0.5) is 5.69 Å². The lowest BCUT2D eigenvalue weighted by Gasteiger charge is -2.29. The maximum absolute atomic E-state index is 13.2. The van der Waals surface area contributed by atoms with Gasteiger partial charge >= 0.3 is 0 Å². The maximum Gasteiger partial charge on any atom is 0.242 e. The van der Waals surface area contributed by atoms with Crippen molar-refractivity contribution in [3.05, 3.63) is 58.6 Å². The van der Waals surface area contributed by atoms with Crippen molar-refractivity contribution in [3.8, 4) is 5.75 Å². The highest BCUT2D eigenvalue weighted by atomic mass is 35.5. The van der Waals surface area contributed by atoms with Crippen LogP contribution in [0.25, 0.3) is 0 Å². The first kappa shape index (κ1) is 27.5. The number of aryl methyl sites for hydroxylation is 1. The van der Waals surface area contributed by atoms with E-state index in [4.69, 9.17) is 16.3 Å². The smallest absolute Gasteiger partial charge is 0.242 e. The highest BCUT2D eigenvalue weighted by Gasteiger charge is 2.26. The summed E-state index contributed by atoms with van der Waals surface area (Å²) in [6.07, 6.45) is 1.44. The van der Waals surface area contributed by atoms with E-state index in [1.807, 2.05) is 31.2 Å². The molecule has 0 unspecified atom stereocenters. The number of ether oxygens (including phenoxy) is 1. The SMILES string of the molecule is CNC(=O)[C@H](C)N(Cc1ccccc1C)C(=O)CCCN(c1ccc(OC)c(Cl)c1)S(C)(=O)=O. The molecule has 34 heavy (non-hydrogen) atoms. The number of carbonyl (C=O) groups is 2. The zero-order chi connectivity index (χ0) is 25.5. The highest BCUT2D eigenvalue weighted by molar-refractivity contribution is 7.92. The molecular formula is C24H32ClN3O5S. The van der Waals surface area contributed by atoms with Gasteiger partial charge in [-0.3, -0.25) is 13.9 Å². The van der Waals surface area contributed by atoms with Crippen molar-refractivity contribution in [2.24, 2.45) is 0 Å². The number of methoxy groups -OCH3 is 1. The highest BCUT2D eigenvalue weighted by Crippen LogP contribution is 2.30. The van der Waals surface area contributed by atoms with Gasteiger partial charge in [0.25, 0.3) is 0 Å². The Morgan fingerprint density at radius 3 is 2.41 bits per heavy atom. The van der Waals surface area contributed by atoms with Crippen molar-refractivity contribution in [1.29, 1.82) is 0 Å². The molecule has 2 aromatic rings. The molecule has 2 amide bonds. The van der Waals surface area contributed by atoms with Gasteiger partial charge in [-0.15, -0.1) is 0 Å². The minimum Gasteiger partial charge on any atom is -0.495 e. The van der Waals surface area contributed by atoms with E-state index in [9.17, 15) is 18.0 Å². The van der Waals surface area contributed by atoms with E-state index in [0.29, 0.717) is 11.4 Å². The van der Waals surface area contributed by atoms with Gasteiger partial charge in [0.15, 0.2) is 0 Å². The molecule has 0 saturated heterocycles. The Hall–Kier alpha value is -2.78. The van der Waals surface area contributed by atoms with Crippen molar-refractivity contribution in [2.75, 3.05) is 31.3 Å². The summed E-state index contributed by atoms with van der Waals surface area (Å²) in [6.45, 7) is 3.99. The average molecular weight is 510 g/mol. The largest absolute Gasteiger partial charge is 0.495 e. The second-order valence-corrected chi connectivity index (χ2v) is 10.3. The Bertz CT molecular complexity index is 1120.